The molecule has 0 radical (unpaired) electrons. The molecule has 1 aliphatic rings. The molecule has 3 N–H and O–H groups in total. The highest BCUT2D eigenvalue weighted by Gasteiger charge is 2.27. The first-order valence-electron chi connectivity index (χ1n) is 6.58. The summed E-state index contributed by atoms with van der Waals surface area (Å²) in [5.41, 5.74) is 5.68. The molecule has 1 fully saturated rings. The molecule has 0 aromatic rings. The molecule has 5 nitrogen and oxygen atoms in total. The van der Waals surface area contributed by atoms with Gasteiger partial charge in [0.1, 0.15) is 5.75 Å². The van der Waals surface area contributed by atoms with Crippen LogP contribution in [0.1, 0.15) is 39.5 Å². The Bertz CT molecular complexity index is 384. The zero-order valence-corrected chi connectivity index (χ0v) is 13.2. The summed E-state index contributed by atoms with van der Waals surface area (Å²) in [6.45, 7) is 3.72. The van der Waals surface area contributed by atoms with Crippen molar-refractivity contribution in [3.05, 3.63) is 0 Å². The molecule has 2 unspecified atom stereocenters. The number of hydrogen-bond donors (Lipinski definition) is 2. The zero-order chi connectivity index (χ0) is 13.8. The van der Waals surface area contributed by atoms with Crippen LogP contribution >= 0.6 is 12.4 Å². The fraction of sp³-hybridized carbons (Fsp3) is 0.917. The van der Waals surface area contributed by atoms with Gasteiger partial charge in [-0.3, -0.25) is 4.79 Å². The van der Waals surface area contributed by atoms with Crippen molar-refractivity contribution >= 4 is 28.2 Å². The number of carbonyl (C=O) groups is 1. The van der Waals surface area contributed by atoms with Gasteiger partial charge in [-0.05, 0) is 39.2 Å². The SMILES string of the molecule is CC(C)S(=O)(=O)CC(=O)NC1CCCCC1CN.Cl. The molecule has 7 heteroatoms. The van der Waals surface area contributed by atoms with Gasteiger partial charge in [0.25, 0.3) is 0 Å². The molecule has 114 valence electrons. The van der Waals surface area contributed by atoms with Gasteiger partial charge in [0.15, 0.2) is 9.84 Å². The van der Waals surface area contributed by atoms with Gasteiger partial charge >= 0.3 is 0 Å². The Morgan fingerprint density at radius 2 is 1.89 bits per heavy atom. The molecule has 0 spiro atoms. The minimum atomic E-state index is -3.32. The van der Waals surface area contributed by atoms with Crippen LogP contribution in [0.15, 0.2) is 0 Å². The molecule has 0 bridgehead atoms. The van der Waals surface area contributed by atoms with E-state index in [9.17, 15) is 13.2 Å². The first-order valence-corrected chi connectivity index (χ1v) is 8.29. The van der Waals surface area contributed by atoms with Gasteiger partial charge in [0.2, 0.25) is 5.91 Å². The summed E-state index contributed by atoms with van der Waals surface area (Å²) in [7, 11) is -3.32. The van der Waals surface area contributed by atoms with E-state index in [0.717, 1.165) is 25.7 Å². The normalized spacial score (nSPS) is 23.8. The van der Waals surface area contributed by atoms with Crippen molar-refractivity contribution in [2.75, 3.05) is 12.3 Å². The standard InChI is InChI=1S/C12H24N2O3S.ClH/c1-9(2)18(16,17)8-12(15)14-11-6-4-3-5-10(11)7-13;/h9-11H,3-8,13H2,1-2H3,(H,14,15);1H. The molecule has 0 aromatic carbocycles. The molecule has 19 heavy (non-hydrogen) atoms. The first-order chi connectivity index (χ1) is 8.36. The van der Waals surface area contributed by atoms with Crippen LogP contribution in [0.5, 0.6) is 0 Å². The molecule has 1 rings (SSSR count). The largest absolute Gasteiger partial charge is 0.352 e. The smallest absolute Gasteiger partial charge is 0.235 e. The summed E-state index contributed by atoms with van der Waals surface area (Å²) in [6, 6.07) is 0.0404. The second kappa shape index (κ2) is 8.07. The van der Waals surface area contributed by atoms with Crippen molar-refractivity contribution in [1.82, 2.24) is 5.32 Å². The maximum atomic E-state index is 11.8. The zero-order valence-electron chi connectivity index (χ0n) is 11.6. The third-order valence-corrected chi connectivity index (χ3v) is 5.71. The summed E-state index contributed by atoms with van der Waals surface area (Å²) in [6.07, 6.45) is 4.12. The average Bonchev–Trinajstić information content (AvgIpc) is 2.28. The summed E-state index contributed by atoms with van der Waals surface area (Å²) in [5.74, 6) is -0.531. The Hall–Kier alpha value is -0.330. The maximum Gasteiger partial charge on any atom is 0.235 e. The third-order valence-electron chi connectivity index (χ3n) is 3.61. The number of rotatable bonds is 5. The van der Waals surface area contributed by atoms with Gasteiger partial charge in [-0.1, -0.05) is 12.8 Å². The van der Waals surface area contributed by atoms with E-state index in [2.05, 4.69) is 5.32 Å². The Balaban J connectivity index is 0.00000324. The van der Waals surface area contributed by atoms with E-state index in [-0.39, 0.29) is 24.4 Å². The fourth-order valence-electron chi connectivity index (χ4n) is 2.28. The molecule has 2 atom stereocenters. The Morgan fingerprint density at radius 3 is 2.42 bits per heavy atom. The number of halogens is 1. The van der Waals surface area contributed by atoms with Crippen molar-refractivity contribution in [3.8, 4) is 0 Å². The number of carbonyl (C=O) groups excluding carboxylic acids is 1. The van der Waals surface area contributed by atoms with Gasteiger partial charge in [-0.25, -0.2) is 8.42 Å². The van der Waals surface area contributed by atoms with Crippen LogP contribution in [-0.4, -0.2) is 37.9 Å². The van der Waals surface area contributed by atoms with E-state index in [4.69, 9.17) is 5.73 Å². The molecular weight excluding hydrogens is 288 g/mol. The van der Waals surface area contributed by atoms with Crippen LogP contribution in [0, 0.1) is 5.92 Å². The molecule has 0 heterocycles. The molecule has 0 aromatic heterocycles. The van der Waals surface area contributed by atoms with Gasteiger partial charge < -0.3 is 11.1 Å². The molecule has 1 saturated carbocycles. The molecule has 0 aliphatic heterocycles. The highest BCUT2D eigenvalue weighted by atomic mass is 35.5. The van der Waals surface area contributed by atoms with Crippen LogP contribution in [0.4, 0.5) is 0 Å². The van der Waals surface area contributed by atoms with E-state index in [1.807, 2.05) is 0 Å². The van der Waals surface area contributed by atoms with Crippen molar-refractivity contribution in [3.63, 3.8) is 0 Å². The lowest BCUT2D eigenvalue weighted by molar-refractivity contribution is -0.119. The van der Waals surface area contributed by atoms with Crippen molar-refractivity contribution < 1.29 is 13.2 Å². The first kappa shape index (κ1) is 18.7. The second-order valence-corrected chi connectivity index (χ2v) is 7.87. The van der Waals surface area contributed by atoms with E-state index in [1.54, 1.807) is 13.8 Å². The summed E-state index contributed by atoms with van der Waals surface area (Å²) >= 11 is 0. The van der Waals surface area contributed by atoms with Gasteiger partial charge in [-0.15, -0.1) is 12.4 Å². The fourth-order valence-corrected chi connectivity index (χ4v) is 3.06. The quantitative estimate of drug-likeness (QED) is 0.788. The maximum absolute atomic E-state index is 11.8. The predicted molar refractivity (Wildman–Crippen MR) is 79.1 cm³/mol. The Labute approximate surface area is 122 Å². The van der Waals surface area contributed by atoms with E-state index in [1.165, 1.54) is 0 Å². The molecule has 1 amide bonds. The second-order valence-electron chi connectivity index (χ2n) is 5.31. The number of nitrogens with two attached hydrogens (primary N) is 1. The lowest BCUT2D eigenvalue weighted by Gasteiger charge is -2.31. The van der Waals surface area contributed by atoms with Crippen molar-refractivity contribution in [2.24, 2.45) is 11.7 Å². The highest BCUT2D eigenvalue weighted by molar-refractivity contribution is 7.92. The minimum absolute atomic E-state index is 0. The van der Waals surface area contributed by atoms with Crippen LogP contribution in [-0.2, 0) is 14.6 Å². The average molecular weight is 313 g/mol. The Kier molecular flexibility index (Phi) is 7.93. The lowest BCUT2D eigenvalue weighted by Crippen LogP contribution is -2.46. The number of hydrogen-bond acceptors (Lipinski definition) is 4. The number of sulfone groups is 1. The summed E-state index contributed by atoms with van der Waals surface area (Å²) in [5, 5.41) is 2.32. The minimum Gasteiger partial charge on any atom is -0.352 e. The monoisotopic (exact) mass is 312 g/mol. The van der Waals surface area contributed by atoms with E-state index >= 15 is 0 Å². The van der Waals surface area contributed by atoms with Gasteiger partial charge in [0, 0.05) is 6.04 Å². The molecule has 1 aliphatic carbocycles. The third kappa shape index (κ3) is 5.67. The summed E-state index contributed by atoms with van der Waals surface area (Å²) in [4.78, 5) is 11.8. The van der Waals surface area contributed by atoms with E-state index in [0.29, 0.717) is 6.54 Å². The van der Waals surface area contributed by atoms with Crippen LogP contribution < -0.4 is 11.1 Å². The number of amides is 1. The van der Waals surface area contributed by atoms with Crippen LogP contribution in [0.25, 0.3) is 0 Å². The van der Waals surface area contributed by atoms with Crippen molar-refractivity contribution in [1.29, 1.82) is 0 Å². The van der Waals surface area contributed by atoms with Gasteiger partial charge in [0.05, 0.1) is 5.25 Å². The molecule has 0 saturated heterocycles. The highest BCUT2D eigenvalue weighted by Crippen LogP contribution is 2.23. The van der Waals surface area contributed by atoms with Crippen LogP contribution in [0.3, 0.4) is 0 Å². The van der Waals surface area contributed by atoms with Gasteiger partial charge in [-0.2, -0.15) is 0 Å². The van der Waals surface area contributed by atoms with E-state index < -0.39 is 26.7 Å². The summed E-state index contributed by atoms with van der Waals surface area (Å²) < 4.78 is 23.3. The predicted octanol–water partition coefficient (Wildman–Crippen LogP) is 0.865. The molecular formula is C12H25ClN2O3S. The Morgan fingerprint density at radius 1 is 1.32 bits per heavy atom. The topological polar surface area (TPSA) is 89.3 Å². The van der Waals surface area contributed by atoms with Crippen LogP contribution in [0.2, 0.25) is 0 Å². The number of nitrogens with one attached hydrogen (secondary N) is 1. The van der Waals surface area contributed by atoms with Crippen molar-refractivity contribution in [2.45, 2.75) is 50.8 Å². The lowest BCUT2D eigenvalue weighted by atomic mass is 9.84.